The third kappa shape index (κ3) is 2.84. The summed E-state index contributed by atoms with van der Waals surface area (Å²) in [5.41, 5.74) is 1.67. The molecular weight excluding hydrogens is 396 g/mol. The van der Waals surface area contributed by atoms with Crippen molar-refractivity contribution in [3.63, 3.8) is 0 Å². The number of ether oxygens (including phenoxy) is 2. The number of pyridine rings is 1. The quantitative estimate of drug-likeness (QED) is 0.678. The number of nitrogens with zero attached hydrogens (tertiary/aromatic N) is 5. The Labute approximate surface area is 179 Å². The second kappa shape index (κ2) is 7.00. The minimum Gasteiger partial charge on any atom is -0.381 e. The van der Waals surface area contributed by atoms with Crippen molar-refractivity contribution in [3.05, 3.63) is 30.7 Å². The van der Waals surface area contributed by atoms with E-state index in [-0.39, 0.29) is 11.9 Å². The fourth-order valence-corrected chi connectivity index (χ4v) is 4.88. The molecule has 6 rings (SSSR count). The monoisotopic (exact) mass is 420 g/mol. The number of hydrogen-bond acceptors (Lipinski definition) is 7. The van der Waals surface area contributed by atoms with Crippen molar-refractivity contribution in [3.8, 4) is 11.4 Å². The summed E-state index contributed by atoms with van der Waals surface area (Å²) in [6, 6.07) is 4.09. The van der Waals surface area contributed by atoms with E-state index in [4.69, 9.17) is 14.5 Å². The van der Waals surface area contributed by atoms with Crippen LogP contribution in [0.2, 0.25) is 0 Å². The average molecular weight is 420 g/mol. The van der Waals surface area contributed by atoms with Crippen molar-refractivity contribution in [1.82, 2.24) is 19.9 Å². The number of anilines is 2. The Morgan fingerprint density at radius 3 is 2.90 bits per heavy atom. The standard InChI is InChI=1S/C22H24N6O3/c1-22-13-31-9-6-27(22)20-17(28(21(22)29)16-3-7-30-8-4-16)12-25-19(26-20)15-10-14-2-5-23-18(14)24-11-15/h2,5,10-12,16H,3-4,6-9,13H2,1H3,(H,23,24)/t22-/m0/s1. The highest BCUT2D eigenvalue weighted by molar-refractivity contribution is 6.08. The molecule has 0 radical (unpaired) electrons. The number of aromatic amines is 1. The Balaban J connectivity index is 1.49. The zero-order chi connectivity index (χ0) is 21.0. The summed E-state index contributed by atoms with van der Waals surface area (Å²) >= 11 is 0. The summed E-state index contributed by atoms with van der Waals surface area (Å²) in [6.45, 7) is 4.79. The second-order valence-electron chi connectivity index (χ2n) is 8.54. The predicted molar refractivity (Wildman–Crippen MR) is 115 cm³/mol. The highest BCUT2D eigenvalue weighted by Gasteiger charge is 2.52. The van der Waals surface area contributed by atoms with E-state index >= 15 is 0 Å². The van der Waals surface area contributed by atoms with Crippen LogP contribution < -0.4 is 9.80 Å². The van der Waals surface area contributed by atoms with Gasteiger partial charge in [0.25, 0.3) is 5.91 Å². The molecule has 6 heterocycles. The van der Waals surface area contributed by atoms with Gasteiger partial charge in [-0.1, -0.05) is 0 Å². The van der Waals surface area contributed by atoms with Gasteiger partial charge in [-0.2, -0.15) is 0 Å². The molecular formula is C22H24N6O3. The molecule has 1 atom stereocenters. The average Bonchev–Trinajstić information content (AvgIpc) is 3.28. The molecule has 0 saturated carbocycles. The minimum absolute atomic E-state index is 0.0540. The highest BCUT2D eigenvalue weighted by atomic mass is 16.5. The normalized spacial score (nSPS) is 24.4. The molecule has 1 amide bonds. The third-order valence-electron chi connectivity index (χ3n) is 6.60. The molecule has 2 saturated heterocycles. The lowest BCUT2D eigenvalue weighted by Crippen LogP contribution is -2.69. The molecule has 2 fully saturated rings. The third-order valence-corrected chi connectivity index (χ3v) is 6.60. The summed E-state index contributed by atoms with van der Waals surface area (Å²) in [5.74, 6) is 1.44. The molecule has 3 aliphatic rings. The molecule has 1 N–H and O–H groups in total. The van der Waals surface area contributed by atoms with Gasteiger partial charge in [-0.05, 0) is 31.9 Å². The molecule has 160 valence electrons. The zero-order valence-electron chi connectivity index (χ0n) is 17.4. The van der Waals surface area contributed by atoms with E-state index in [1.807, 2.05) is 30.2 Å². The first-order valence-corrected chi connectivity index (χ1v) is 10.7. The van der Waals surface area contributed by atoms with Gasteiger partial charge >= 0.3 is 0 Å². The van der Waals surface area contributed by atoms with Crippen molar-refractivity contribution in [1.29, 1.82) is 0 Å². The van der Waals surface area contributed by atoms with Crippen LogP contribution in [0.15, 0.2) is 30.7 Å². The van der Waals surface area contributed by atoms with Crippen LogP contribution in [0.5, 0.6) is 0 Å². The summed E-state index contributed by atoms with van der Waals surface area (Å²) < 4.78 is 11.3. The molecule has 9 heteroatoms. The summed E-state index contributed by atoms with van der Waals surface area (Å²) in [6.07, 6.45) is 7.05. The molecule has 31 heavy (non-hydrogen) atoms. The minimum atomic E-state index is -0.780. The molecule has 3 aromatic rings. The van der Waals surface area contributed by atoms with E-state index < -0.39 is 5.54 Å². The molecule has 0 unspecified atom stereocenters. The van der Waals surface area contributed by atoms with Gasteiger partial charge in [0.15, 0.2) is 11.6 Å². The lowest BCUT2D eigenvalue weighted by molar-refractivity contribution is -0.128. The topological polar surface area (TPSA) is 96.5 Å². The van der Waals surface area contributed by atoms with Crippen LogP contribution in [-0.2, 0) is 14.3 Å². The Morgan fingerprint density at radius 1 is 1.16 bits per heavy atom. The smallest absolute Gasteiger partial charge is 0.255 e. The van der Waals surface area contributed by atoms with Gasteiger partial charge in [0, 0.05) is 49.1 Å². The van der Waals surface area contributed by atoms with Gasteiger partial charge in [-0.25, -0.2) is 15.0 Å². The first-order chi connectivity index (χ1) is 15.1. The molecule has 9 nitrogen and oxygen atoms in total. The lowest BCUT2D eigenvalue weighted by Gasteiger charge is -2.52. The first-order valence-electron chi connectivity index (χ1n) is 10.7. The number of carbonyl (C=O) groups is 1. The van der Waals surface area contributed by atoms with Gasteiger partial charge in [0.2, 0.25) is 0 Å². The second-order valence-corrected chi connectivity index (χ2v) is 8.54. The molecule has 0 aliphatic carbocycles. The van der Waals surface area contributed by atoms with Crippen molar-refractivity contribution in [2.45, 2.75) is 31.3 Å². The van der Waals surface area contributed by atoms with Crippen molar-refractivity contribution in [2.24, 2.45) is 0 Å². The Hall–Kier alpha value is -3.04. The summed E-state index contributed by atoms with van der Waals surface area (Å²) in [4.78, 5) is 34.9. The molecule has 0 bridgehead atoms. The van der Waals surface area contributed by atoms with Crippen LogP contribution in [0.1, 0.15) is 19.8 Å². The van der Waals surface area contributed by atoms with Gasteiger partial charge in [0.05, 0.1) is 19.4 Å². The van der Waals surface area contributed by atoms with Crippen LogP contribution >= 0.6 is 0 Å². The van der Waals surface area contributed by atoms with Crippen LogP contribution in [-0.4, -0.2) is 70.4 Å². The Kier molecular flexibility index (Phi) is 4.22. The van der Waals surface area contributed by atoms with Crippen LogP contribution in [0.4, 0.5) is 11.5 Å². The van der Waals surface area contributed by atoms with Crippen molar-refractivity contribution >= 4 is 28.4 Å². The number of amides is 1. The van der Waals surface area contributed by atoms with Gasteiger partial charge in [-0.15, -0.1) is 0 Å². The van der Waals surface area contributed by atoms with Crippen LogP contribution in [0.25, 0.3) is 22.4 Å². The number of hydrogen-bond donors (Lipinski definition) is 1. The maximum atomic E-state index is 13.7. The SMILES string of the molecule is C[C@@]12COCCN1c1nc(-c3cnc4[nH]ccc4c3)ncc1N(C1CCOCC1)C2=O. The number of H-pyrrole nitrogens is 1. The van der Waals surface area contributed by atoms with E-state index in [9.17, 15) is 4.79 Å². The zero-order valence-corrected chi connectivity index (χ0v) is 17.4. The molecule has 0 spiro atoms. The molecule has 3 aliphatic heterocycles. The Bertz CT molecular complexity index is 1160. The molecule has 0 aromatic carbocycles. The Morgan fingerprint density at radius 2 is 2.03 bits per heavy atom. The largest absolute Gasteiger partial charge is 0.381 e. The summed E-state index contributed by atoms with van der Waals surface area (Å²) in [5, 5.41) is 1.01. The number of aromatic nitrogens is 4. The van der Waals surface area contributed by atoms with E-state index in [1.165, 1.54) is 0 Å². The number of fused-ring (bicyclic) bond motifs is 4. The first kappa shape index (κ1) is 18.7. The van der Waals surface area contributed by atoms with Crippen LogP contribution in [0.3, 0.4) is 0 Å². The number of rotatable bonds is 2. The summed E-state index contributed by atoms with van der Waals surface area (Å²) in [7, 11) is 0. The number of morpholine rings is 1. The molecule has 3 aromatic heterocycles. The number of carbonyl (C=O) groups excluding carboxylic acids is 1. The van der Waals surface area contributed by atoms with Crippen molar-refractivity contribution in [2.75, 3.05) is 42.8 Å². The lowest BCUT2D eigenvalue weighted by atomic mass is 9.91. The fraction of sp³-hybridized carbons (Fsp3) is 0.455. The van der Waals surface area contributed by atoms with Gasteiger partial charge < -0.3 is 24.3 Å². The van der Waals surface area contributed by atoms with Crippen LogP contribution in [0, 0.1) is 0 Å². The highest BCUT2D eigenvalue weighted by Crippen LogP contribution is 2.43. The van der Waals surface area contributed by atoms with E-state index in [0.29, 0.717) is 38.8 Å². The van der Waals surface area contributed by atoms with E-state index in [1.54, 1.807) is 12.4 Å². The maximum absolute atomic E-state index is 13.7. The van der Waals surface area contributed by atoms with Crippen molar-refractivity contribution < 1.29 is 14.3 Å². The van der Waals surface area contributed by atoms with Gasteiger partial charge in [0.1, 0.15) is 16.9 Å². The maximum Gasteiger partial charge on any atom is 0.255 e. The van der Waals surface area contributed by atoms with E-state index in [2.05, 4.69) is 19.9 Å². The fourth-order valence-electron chi connectivity index (χ4n) is 4.88. The van der Waals surface area contributed by atoms with E-state index in [0.717, 1.165) is 40.9 Å². The van der Waals surface area contributed by atoms with Gasteiger partial charge in [-0.3, -0.25) is 4.79 Å². The number of nitrogens with one attached hydrogen (secondary N) is 1. The predicted octanol–water partition coefficient (Wildman–Crippen LogP) is 2.14.